The van der Waals surface area contributed by atoms with E-state index in [-0.39, 0.29) is 5.82 Å². The molecule has 4 heteroatoms. The lowest BCUT2D eigenvalue weighted by Crippen LogP contribution is -2.45. The molecule has 0 aliphatic carbocycles. The van der Waals surface area contributed by atoms with Crippen LogP contribution in [-0.2, 0) is 0 Å². The quantitative estimate of drug-likeness (QED) is 0.803. The molecule has 1 aromatic rings. The molecule has 0 unspecified atom stereocenters. The van der Waals surface area contributed by atoms with Crippen molar-refractivity contribution in [3.8, 4) is 0 Å². The van der Waals surface area contributed by atoms with Gasteiger partial charge in [-0.2, -0.15) is 0 Å². The first-order valence-electron chi connectivity index (χ1n) is 8.82. The van der Waals surface area contributed by atoms with Crippen molar-refractivity contribution >= 4 is 5.69 Å². The summed E-state index contributed by atoms with van der Waals surface area (Å²) in [4.78, 5) is 2.33. The van der Waals surface area contributed by atoms with Gasteiger partial charge in [0.15, 0.2) is 0 Å². The van der Waals surface area contributed by atoms with Crippen molar-refractivity contribution in [1.29, 1.82) is 0 Å². The van der Waals surface area contributed by atoms with Gasteiger partial charge in [-0.25, -0.2) is 4.39 Å². The number of halogens is 1. The third kappa shape index (κ3) is 6.48. The van der Waals surface area contributed by atoms with Crippen molar-refractivity contribution in [3.63, 3.8) is 0 Å². The zero-order chi connectivity index (χ0) is 16.9. The molecule has 1 aliphatic heterocycles. The van der Waals surface area contributed by atoms with Crippen LogP contribution < -0.4 is 10.2 Å². The highest BCUT2D eigenvalue weighted by Gasteiger charge is 2.21. The highest BCUT2D eigenvalue weighted by atomic mass is 19.1. The van der Waals surface area contributed by atoms with E-state index < -0.39 is 5.60 Å². The third-order valence-corrected chi connectivity index (χ3v) is 4.63. The van der Waals surface area contributed by atoms with Crippen molar-refractivity contribution in [3.05, 3.63) is 30.1 Å². The highest BCUT2D eigenvalue weighted by Crippen LogP contribution is 2.21. The lowest BCUT2D eigenvalue weighted by Gasteiger charge is -2.35. The standard InChI is InChI=1S/C19H31FN2O/c1-15(5-4-12-19(2,3)23)21-17-10-13-22(14-11-17)18-8-6-16(20)7-9-18/h6-9,15,17,21,23H,4-5,10-14H2,1-3H3/t15-/m0/s1. The van der Waals surface area contributed by atoms with E-state index in [0.717, 1.165) is 50.9 Å². The molecule has 0 radical (unpaired) electrons. The number of anilines is 1. The summed E-state index contributed by atoms with van der Waals surface area (Å²) in [5, 5.41) is 13.5. The molecule has 0 amide bonds. The van der Waals surface area contributed by atoms with Gasteiger partial charge in [0, 0.05) is 30.9 Å². The maximum atomic E-state index is 13.0. The minimum Gasteiger partial charge on any atom is -0.390 e. The number of aliphatic hydroxyl groups is 1. The molecule has 0 bridgehead atoms. The van der Waals surface area contributed by atoms with Crippen molar-refractivity contribution in [2.45, 2.75) is 70.6 Å². The fraction of sp³-hybridized carbons (Fsp3) is 0.684. The second-order valence-electron chi connectivity index (χ2n) is 7.51. The minimum atomic E-state index is -0.555. The van der Waals surface area contributed by atoms with E-state index >= 15 is 0 Å². The molecule has 1 heterocycles. The molecule has 0 aromatic heterocycles. The van der Waals surface area contributed by atoms with Crippen LogP contribution in [0.3, 0.4) is 0 Å². The number of piperidine rings is 1. The average Bonchev–Trinajstić information content (AvgIpc) is 2.47. The molecular weight excluding hydrogens is 291 g/mol. The Kier molecular flexibility index (Phi) is 6.42. The number of hydrogen-bond acceptors (Lipinski definition) is 3. The van der Waals surface area contributed by atoms with E-state index in [1.807, 2.05) is 26.0 Å². The summed E-state index contributed by atoms with van der Waals surface area (Å²) >= 11 is 0. The summed E-state index contributed by atoms with van der Waals surface area (Å²) in [6.45, 7) is 8.00. The van der Waals surface area contributed by atoms with E-state index in [4.69, 9.17) is 0 Å². The molecule has 23 heavy (non-hydrogen) atoms. The summed E-state index contributed by atoms with van der Waals surface area (Å²) in [5.41, 5.74) is 0.559. The zero-order valence-corrected chi connectivity index (χ0v) is 14.7. The largest absolute Gasteiger partial charge is 0.390 e. The number of hydrogen-bond donors (Lipinski definition) is 2. The highest BCUT2D eigenvalue weighted by molar-refractivity contribution is 5.46. The van der Waals surface area contributed by atoms with Crippen LogP contribution in [0.2, 0.25) is 0 Å². The van der Waals surface area contributed by atoms with E-state index in [1.165, 1.54) is 12.1 Å². The topological polar surface area (TPSA) is 35.5 Å². The zero-order valence-electron chi connectivity index (χ0n) is 14.7. The first-order valence-corrected chi connectivity index (χ1v) is 8.82. The Labute approximate surface area is 139 Å². The Morgan fingerprint density at radius 2 is 1.87 bits per heavy atom. The van der Waals surface area contributed by atoms with Crippen LogP contribution in [0.1, 0.15) is 52.9 Å². The van der Waals surface area contributed by atoms with Gasteiger partial charge < -0.3 is 15.3 Å². The smallest absolute Gasteiger partial charge is 0.123 e. The average molecular weight is 322 g/mol. The molecule has 3 nitrogen and oxygen atoms in total. The summed E-state index contributed by atoms with van der Waals surface area (Å²) < 4.78 is 13.0. The summed E-state index contributed by atoms with van der Waals surface area (Å²) in [7, 11) is 0. The third-order valence-electron chi connectivity index (χ3n) is 4.63. The van der Waals surface area contributed by atoms with Gasteiger partial charge in [0.2, 0.25) is 0 Å². The first kappa shape index (κ1) is 18.2. The number of nitrogens with one attached hydrogen (secondary N) is 1. The molecule has 1 aromatic carbocycles. The fourth-order valence-electron chi connectivity index (χ4n) is 3.28. The van der Waals surface area contributed by atoms with Crippen molar-refractivity contribution in [1.82, 2.24) is 5.32 Å². The van der Waals surface area contributed by atoms with Crippen LogP contribution in [0.25, 0.3) is 0 Å². The predicted molar refractivity (Wildman–Crippen MR) is 94.4 cm³/mol. The second kappa shape index (κ2) is 8.11. The van der Waals surface area contributed by atoms with Crippen LogP contribution in [-0.4, -0.2) is 35.9 Å². The molecule has 1 aliphatic rings. The molecule has 1 atom stereocenters. The number of rotatable bonds is 7. The van der Waals surface area contributed by atoms with Crippen molar-refractivity contribution < 1.29 is 9.50 Å². The van der Waals surface area contributed by atoms with Crippen LogP contribution >= 0.6 is 0 Å². The van der Waals surface area contributed by atoms with Gasteiger partial charge in [-0.05, 0) is 77.1 Å². The Morgan fingerprint density at radius 3 is 2.43 bits per heavy atom. The van der Waals surface area contributed by atoms with E-state index in [2.05, 4.69) is 17.1 Å². The van der Waals surface area contributed by atoms with E-state index in [9.17, 15) is 9.50 Å². The van der Waals surface area contributed by atoms with Gasteiger partial charge in [0.1, 0.15) is 5.82 Å². The van der Waals surface area contributed by atoms with Crippen molar-refractivity contribution in [2.24, 2.45) is 0 Å². The lowest BCUT2D eigenvalue weighted by molar-refractivity contribution is 0.0673. The SMILES string of the molecule is C[C@@H](CCCC(C)(C)O)NC1CCN(c2ccc(F)cc2)CC1. The summed E-state index contributed by atoms with van der Waals surface area (Å²) in [6, 6.07) is 7.84. The molecule has 130 valence electrons. The monoisotopic (exact) mass is 322 g/mol. The molecule has 1 saturated heterocycles. The maximum Gasteiger partial charge on any atom is 0.123 e. The molecule has 0 spiro atoms. The fourth-order valence-corrected chi connectivity index (χ4v) is 3.28. The molecular formula is C19H31FN2O. The second-order valence-corrected chi connectivity index (χ2v) is 7.51. The molecule has 2 rings (SSSR count). The Morgan fingerprint density at radius 1 is 1.26 bits per heavy atom. The van der Waals surface area contributed by atoms with Gasteiger partial charge in [0.25, 0.3) is 0 Å². The van der Waals surface area contributed by atoms with Gasteiger partial charge in [-0.3, -0.25) is 0 Å². The predicted octanol–water partition coefficient (Wildman–Crippen LogP) is 3.71. The molecule has 2 N–H and O–H groups in total. The van der Waals surface area contributed by atoms with Crippen LogP contribution in [0, 0.1) is 5.82 Å². The summed E-state index contributed by atoms with van der Waals surface area (Å²) in [6.07, 6.45) is 5.23. The first-order chi connectivity index (χ1) is 10.8. The molecule has 1 fully saturated rings. The maximum absolute atomic E-state index is 13.0. The Balaban J connectivity index is 1.69. The summed E-state index contributed by atoms with van der Waals surface area (Å²) in [5.74, 6) is -0.176. The minimum absolute atomic E-state index is 0.176. The van der Waals surface area contributed by atoms with Gasteiger partial charge in [-0.15, -0.1) is 0 Å². The normalized spacial score (nSPS) is 18.2. The van der Waals surface area contributed by atoms with Crippen molar-refractivity contribution in [2.75, 3.05) is 18.0 Å². The van der Waals surface area contributed by atoms with E-state index in [0.29, 0.717) is 12.1 Å². The van der Waals surface area contributed by atoms with Crippen LogP contribution in [0.4, 0.5) is 10.1 Å². The Bertz CT molecular complexity index is 461. The van der Waals surface area contributed by atoms with E-state index in [1.54, 1.807) is 0 Å². The van der Waals surface area contributed by atoms with Crippen LogP contribution in [0.15, 0.2) is 24.3 Å². The Hall–Kier alpha value is -1.13. The van der Waals surface area contributed by atoms with Gasteiger partial charge >= 0.3 is 0 Å². The molecule has 0 saturated carbocycles. The van der Waals surface area contributed by atoms with Gasteiger partial charge in [0.05, 0.1) is 5.60 Å². The van der Waals surface area contributed by atoms with Crippen LogP contribution in [0.5, 0.6) is 0 Å². The van der Waals surface area contributed by atoms with Gasteiger partial charge in [-0.1, -0.05) is 0 Å². The lowest BCUT2D eigenvalue weighted by atomic mass is 9.98. The number of nitrogens with zero attached hydrogens (tertiary/aromatic N) is 1. The number of benzene rings is 1.